The molecule has 0 fully saturated rings. The van der Waals surface area contributed by atoms with Crippen LogP contribution in [0.25, 0.3) is 0 Å². The number of unbranched alkanes of at least 4 members (excludes halogenated alkanes) is 12. The van der Waals surface area contributed by atoms with Crippen LogP contribution in [0.4, 0.5) is 11.4 Å². The first-order valence-corrected chi connectivity index (χ1v) is 10.8. The first kappa shape index (κ1) is 22.8. The van der Waals surface area contributed by atoms with Gasteiger partial charge in [0.05, 0.1) is 10.7 Å². The van der Waals surface area contributed by atoms with E-state index in [0.29, 0.717) is 17.1 Å². The first-order chi connectivity index (χ1) is 12.6. The monoisotopic (exact) mass is 379 g/mol. The van der Waals surface area contributed by atoms with Crippen molar-refractivity contribution in [1.82, 2.24) is 5.73 Å². The van der Waals surface area contributed by atoms with Crippen molar-refractivity contribution in [1.29, 1.82) is 0 Å². The highest BCUT2D eigenvalue weighted by Gasteiger charge is 2.04. The molecule has 1 amide bonds. The molecule has 0 saturated carbocycles. The number of benzene rings is 1. The van der Waals surface area contributed by atoms with E-state index >= 15 is 0 Å². The van der Waals surface area contributed by atoms with Gasteiger partial charge in [0.25, 0.3) is 0 Å². The van der Waals surface area contributed by atoms with Crippen molar-refractivity contribution in [3.8, 4) is 0 Å². The summed E-state index contributed by atoms with van der Waals surface area (Å²) in [4.78, 5) is 11.9. The molecule has 0 aliphatic heterocycles. The second kappa shape index (κ2) is 14.9. The van der Waals surface area contributed by atoms with E-state index in [1.165, 1.54) is 70.6 Å². The fourth-order valence-electron chi connectivity index (χ4n) is 3.13. The highest BCUT2D eigenvalue weighted by Crippen LogP contribution is 2.23. The van der Waals surface area contributed by atoms with Gasteiger partial charge in [-0.25, -0.2) is 0 Å². The molecule has 0 bridgehead atoms. The Bertz CT molecular complexity index is 505. The Labute approximate surface area is 165 Å². The van der Waals surface area contributed by atoms with Gasteiger partial charge in [-0.3, -0.25) is 10.5 Å². The SMILES string of the molecule is CCCCCCCCCCCCCCCC(=O)Nc1ccc(Cl)c([NH])c1. The number of carbonyl (C=O) groups excluding carboxylic acids is 1. The van der Waals surface area contributed by atoms with E-state index < -0.39 is 0 Å². The normalized spacial score (nSPS) is 10.8. The molecule has 4 heteroatoms. The van der Waals surface area contributed by atoms with E-state index in [1.54, 1.807) is 18.2 Å². The van der Waals surface area contributed by atoms with Crippen molar-refractivity contribution < 1.29 is 4.79 Å². The summed E-state index contributed by atoms with van der Waals surface area (Å²) < 4.78 is 0. The minimum atomic E-state index is 0.0230. The molecule has 2 N–H and O–H groups in total. The van der Waals surface area contributed by atoms with Gasteiger partial charge in [0.15, 0.2) is 0 Å². The van der Waals surface area contributed by atoms with Gasteiger partial charge in [-0.15, -0.1) is 0 Å². The lowest BCUT2D eigenvalue weighted by molar-refractivity contribution is -0.116. The number of carbonyl (C=O) groups is 1. The first-order valence-electron chi connectivity index (χ1n) is 10.4. The van der Waals surface area contributed by atoms with Crippen LogP contribution in [0.1, 0.15) is 96.8 Å². The molecule has 1 aromatic carbocycles. The average molecular weight is 380 g/mol. The standard InChI is InChI=1S/C22H36ClN2O/c1-2-3-4-5-6-7-8-9-10-11-12-13-14-15-22(26)25-19-16-17-20(23)21(24)18-19/h16-18,24H,2-15H2,1H3,(H,25,26). The van der Waals surface area contributed by atoms with E-state index in [9.17, 15) is 4.79 Å². The van der Waals surface area contributed by atoms with Crippen LogP contribution in [0.3, 0.4) is 0 Å². The molecule has 0 saturated heterocycles. The summed E-state index contributed by atoms with van der Waals surface area (Å²) in [5.41, 5.74) is 8.53. The van der Waals surface area contributed by atoms with E-state index in [0.717, 1.165) is 12.8 Å². The fraction of sp³-hybridized carbons (Fsp3) is 0.682. The second-order valence-electron chi connectivity index (χ2n) is 7.24. The number of rotatable bonds is 15. The van der Waals surface area contributed by atoms with Gasteiger partial charge in [0.1, 0.15) is 0 Å². The highest BCUT2D eigenvalue weighted by molar-refractivity contribution is 6.33. The van der Waals surface area contributed by atoms with Gasteiger partial charge in [0.2, 0.25) is 5.91 Å². The van der Waals surface area contributed by atoms with Gasteiger partial charge in [0, 0.05) is 12.1 Å². The molecule has 3 nitrogen and oxygen atoms in total. The molecular weight excluding hydrogens is 344 g/mol. The molecular formula is C22H36ClN2O. The maximum Gasteiger partial charge on any atom is 0.224 e. The van der Waals surface area contributed by atoms with Crippen LogP contribution in [-0.4, -0.2) is 5.91 Å². The van der Waals surface area contributed by atoms with Crippen LogP contribution >= 0.6 is 11.6 Å². The lowest BCUT2D eigenvalue weighted by Gasteiger charge is -2.06. The summed E-state index contributed by atoms with van der Waals surface area (Å²) in [7, 11) is 0. The number of halogens is 1. The van der Waals surface area contributed by atoms with Gasteiger partial charge in [-0.1, -0.05) is 95.6 Å². The van der Waals surface area contributed by atoms with Gasteiger partial charge in [-0.05, 0) is 24.6 Å². The lowest BCUT2D eigenvalue weighted by atomic mass is 10.0. The van der Waals surface area contributed by atoms with Crippen LogP contribution in [0.2, 0.25) is 5.02 Å². The van der Waals surface area contributed by atoms with Gasteiger partial charge >= 0.3 is 0 Å². The van der Waals surface area contributed by atoms with Crippen molar-refractivity contribution in [3.63, 3.8) is 0 Å². The molecule has 0 heterocycles. The van der Waals surface area contributed by atoms with Crippen LogP contribution in [0.5, 0.6) is 0 Å². The number of hydrogen-bond donors (Lipinski definition) is 1. The number of anilines is 1. The minimum Gasteiger partial charge on any atom is -0.326 e. The Morgan fingerprint density at radius 3 is 1.88 bits per heavy atom. The average Bonchev–Trinajstić information content (AvgIpc) is 2.62. The Kier molecular flexibility index (Phi) is 13.1. The quantitative estimate of drug-likeness (QED) is 0.312. The predicted molar refractivity (Wildman–Crippen MR) is 113 cm³/mol. The third kappa shape index (κ3) is 11.4. The summed E-state index contributed by atoms with van der Waals surface area (Å²) in [6.45, 7) is 2.26. The second-order valence-corrected chi connectivity index (χ2v) is 7.64. The van der Waals surface area contributed by atoms with E-state index in [4.69, 9.17) is 17.3 Å². The molecule has 26 heavy (non-hydrogen) atoms. The van der Waals surface area contributed by atoms with Crippen molar-refractivity contribution in [2.75, 3.05) is 5.32 Å². The summed E-state index contributed by atoms with van der Waals surface area (Å²) >= 11 is 5.81. The third-order valence-electron chi connectivity index (χ3n) is 4.76. The summed E-state index contributed by atoms with van der Waals surface area (Å²) in [6.07, 6.45) is 17.5. The maximum atomic E-state index is 11.9. The predicted octanol–water partition coefficient (Wildman–Crippen LogP) is 7.67. The third-order valence-corrected chi connectivity index (χ3v) is 5.09. The van der Waals surface area contributed by atoms with Crippen LogP contribution in [0, 0.1) is 0 Å². The number of amides is 1. The van der Waals surface area contributed by atoms with E-state index in [-0.39, 0.29) is 11.6 Å². The topological polar surface area (TPSA) is 52.9 Å². The molecule has 0 aromatic heterocycles. The molecule has 0 unspecified atom stereocenters. The fourth-order valence-corrected chi connectivity index (χ4v) is 3.25. The Balaban J connectivity index is 1.91. The molecule has 0 aliphatic carbocycles. The van der Waals surface area contributed by atoms with Crippen molar-refractivity contribution >= 4 is 28.9 Å². The summed E-state index contributed by atoms with van der Waals surface area (Å²) in [6, 6.07) is 4.97. The van der Waals surface area contributed by atoms with E-state index in [1.807, 2.05) is 0 Å². The zero-order chi connectivity index (χ0) is 19.0. The minimum absolute atomic E-state index is 0.0230. The van der Waals surface area contributed by atoms with Crippen LogP contribution < -0.4 is 11.1 Å². The Morgan fingerprint density at radius 1 is 0.885 bits per heavy atom. The van der Waals surface area contributed by atoms with Crippen LogP contribution in [-0.2, 0) is 4.79 Å². The van der Waals surface area contributed by atoms with Crippen molar-refractivity contribution in [2.24, 2.45) is 0 Å². The van der Waals surface area contributed by atoms with E-state index in [2.05, 4.69) is 12.2 Å². The maximum absolute atomic E-state index is 11.9. The zero-order valence-corrected chi connectivity index (χ0v) is 17.2. The van der Waals surface area contributed by atoms with Crippen molar-refractivity contribution in [3.05, 3.63) is 23.2 Å². The molecule has 0 aliphatic rings. The zero-order valence-electron chi connectivity index (χ0n) is 16.4. The summed E-state index contributed by atoms with van der Waals surface area (Å²) in [5, 5.41) is 3.24. The molecule has 1 rings (SSSR count). The molecule has 1 radical (unpaired) electrons. The largest absolute Gasteiger partial charge is 0.326 e. The molecule has 0 spiro atoms. The highest BCUT2D eigenvalue weighted by atomic mass is 35.5. The smallest absolute Gasteiger partial charge is 0.224 e. The Hall–Kier alpha value is -1.22. The Morgan fingerprint density at radius 2 is 1.38 bits per heavy atom. The van der Waals surface area contributed by atoms with Gasteiger partial charge < -0.3 is 5.32 Å². The molecule has 147 valence electrons. The molecule has 1 aromatic rings. The van der Waals surface area contributed by atoms with Gasteiger partial charge in [-0.2, -0.15) is 0 Å². The van der Waals surface area contributed by atoms with Crippen molar-refractivity contribution in [2.45, 2.75) is 96.8 Å². The summed E-state index contributed by atoms with van der Waals surface area (Å²) in [5.74, 6) is 0.0230. The lowest BCUT2D eigenvalue weighted by Crippen LogP contribution is -2.10. The van der Waals surface area contributed by atoms with Crippen LogP contribution in [0.15, 0.2) is 18.2 Å². The number of hydrogen-bond acceptors (Lipinski definition) is 1. The number of nitrogens with one attached hydrogen (secondary N) is 2. The molecule has 0 atom stereocenters.